The predicted molar refractivity (Wildman–Crippen MR) is 99.3 cm³/mol. The first-order chi connectivity index (χ1) is 11.6. The second-order valence-electron chi connectivity index (χ2n) is 7.73. The molecule has 1 aromatic rings. The van der Waals surface area contributed by atoms with Crippen molar-refractivity contribution in [3.63, 3.8) is 0 Å². The number of nitrogens with one attached hydrogen (secondary N) is 2. The number of carbonyl (C=O) groups is 1. The van der Waals surface area contributed by atoms with Gasteiger partial charge in [0.25, 0.3) is 0 Å². The smallest absolute Gasteiger partial charge is 0.238 e. The number of piperidine rings is 1. The lowest BCUT2D eigenvalue weighted by molar-refractivity contribution is -0.117. The van der Waals surface area contributed by atoms with E-state index < -0.39 is 0 Å². The molecule has 0 unspecified atom stereocenters. The first-order valence-corrected chi connectivity index (χ1v) is 9.45. The van der Waals surface area contributed by atoms with Crippen molar-refractivity contribution < 1.29 is 4.79 Å². The number of amides is 1. The minimum Gasteiger partial charge on any atom is -0.325 e. The fourth-order valence-electron chi connectivity index (χ4n) is 3.31. The Labute approximate surface area is 146 Å². The highest BCUT2D eigenvalue weighted by molar-refractivity contribution is 5.92. The molecule has 0 radical (unpaired) electrons. The van der Waals surface area contributed by atoms with Crippen LogP contribution in [0, 0.1) is 5.92 Å². The van der Waals surface area contributed by atoms with Crippen LogP contribution in [0.3, 0.4) is 0 Å². The number of benzene rings is 1. The Kier molecular flexibility index (Phi) is 5.90. The summed E-state index contributed by atoms with van der Waals surface area (Å²) in [6.45, 7) is 8.08. The molecule has 2 N–H and O–H groups in total. The number of hydrogen-bond acceptors (Lipinski definition) is 3. The molecule has 132 valence electrons. The van der Waals surface area contributed by atoms with Gasteiger partial charge in [0, 0.05) is 24.8 Å². The van der Waals surface area contributed by atoms with Gasteiger partial charge in [-0.1, -0.05) is 26.0 Å². The van der Waals surface area contributed by atoms with E-state index in [9.17, 15) is 4.79 Å². The molecule has 2 aliphatic rings. The van der Waals surface area contributed by atoms with Crippen molar-refractivity contribution in [2.24, 2.45) is 5.92 Å². The Balaban J connectivity index is 1.37. The lowest BCUT2D eigenvalue weighted by atomic mass is 10.0. The molecule has 4 heteroatoms. The maximum absolute atomic E-state index is 12.2. The molecule has 0 bridgehead atoms. The summed E-state index contributed by atoms with van der Waals surface area (Å²) >= 11 is 0. The summed E-state index contributed by atoms with van der Waals surface area (Å²) in [4.78, 5) is 14.5. The molecule has 24 heavy (non-hydrogen) atoms. The van der Waals surface area contributed by atoms with Crippen LogP contribution in [0.4, 0.5) is 5.69 Å². The normalized spacial score (nSPS) is 19.6. The number of rotatable bonds is 7. The van der Waals surface area contributed by atoms with E-state index in [0.717, 1.165) is 37.5 Å². The largest absolute Gasteiger partial charge is 0.325 e. The third kappa shape index (κ3) is 5.32. The quantitative estimate of drug-likeness (QED) is 0.807. The molecule has 1 aliphatic carbocycles. The third-order valence-electron chi connectivity index (χ3n) is 5.21. The SMILES string of the molecule is CC(C)c1ccc(NC(=O)CN2CCC(NCC3CC3)CC2)cc1. The first kappa shape index (κ1) is 17.4. The molecule has 1 saturated carbocycles. The van der Waals surface area contributed by atoms with Gasteiger partial charge in [-0.25, -0.2) is 0 Å². The lowest BCUT2D eigenvalue weighted by Gasteiger charge is -2.32. The molecule has 1 saturated heterocycles. The molecule has 1 heterocycles. The van der Waals surface area contributed by atoms with Gasteiger partial charge in [0.2, 0.25) is 5.91 Å². The predicted octanol–water partition coefficient (Wildman–Crippen LogP) is 3.21. The summed E-state index contributed by atoms with van der Waals surface area (Å²) in [5, 5.41) is 6.70. The minimum atomic E-state index is 0.0942. The van der Waals surface area contributed by atoms with Gasteiger partial charge in [0.05, 0.1) is 6.54 Å². The van der Waals surface area contributed by atoms with E-state index in [-0.39, 0.29) is 5.91 Å². The molecule has 0 atom stereocenters. The van der Waals surface area contributed by atoms with Crippen molar-refractivity contribution in [3.05, 3.63) is 29.8 Å². The number of likely N-dealkylation sites (tertiary alicyclic amines) is 1. The van der Waals surface area contributed by atoms with Crippen molar-refractivity contribution >= 4 is 11.6 Å². The average Bonchev–Trinajstić information content (AvgIpc) is 3.39. The standard InChI is InChI=1S/C20H31N3O/c1-15(2)17-5-7-19(8-6-17)22-20(24)14-23-11-9-18(10-12-23)21-13-16-3-4-16/h5-8,15-16,18,21H,3-4,9-14H2,1-2H3,(H,22,24). The Hall–Kier alpha value is -1.39. The topological polar surface area (TPSA) is 44.4 Å². The van der Waals surface area contributed by atoms with E-state index in [1.165, 1.54) is 24.9 Å². The van der Waals surface area contributed by atoms with Gasteiger partial charge < -0.3 is 10.6 Å². The zero-order valence-electron chi connectivity index (χ0n) is 15.1. The van der Waals surface area contributed by atoms with Crippen LogP contribution < -0.4 is 10.6 Å². The summed E-state index contributed by atoms with van der Waals surface area (Å²) in [6.07, 6.45) is 5.13. The highest BCUT2D eigenvalue weighted by Gasteiger charge is 2.24. The van der Waals surface area contributed by atoms with Crippen molar-refractivity contribution in [1.82, 2.24) is 10.2 Å². The Morgan fingerprint density at radius 1 is 1.12 bits per heavy atom. The summed E-state index contributed by atoms with van der Waals surface area (Å²) in [5.41, 5.74) is 2.19. The maximum Gasteiger partial charge on any atom is 0.238 e. The van der Waals surface area contributed by atoms with Crippen LogP contribution in [0.5, 0.6) is 0 Å². The van der Waals surface area contributed by atoms with Crippen LogP contribution in [0.25, 0.3) is 0 Å². The van der Waals surface area contributed by atoms with Crippen LogP contribution >= 0.6 is 0 Å². The number of nitrogens with zero attached hydrogens (tertiary/aromatic N) is 1. The molecule has 1 aromatic carbocycles. The first-order valence-electron chi connectivity index (χ1n) is 9.45. The molecule has 2 fully saturated rings. The number of anilines is 1. The summed E-state index contributed by atoms with van der Waals surface area (Å²) in [5.74, 6) is 1.55. The van der Waals surface area contributed by atoms with E-state index >= 15 is 0 Å². The summed E-state index contributed by atoms with van der Waals surface area (Å²) < 4.78 is 0. The zero-order valence-corrected chi connectivity index (χ0v) is 15.1. The van der Waals surface area contributed by atoms with E-state index in [4.69, 9.17) is 0 Å². The Bertz CT molecular complexity index is 528. The van der Waals surface area contributed by atoms with Crippen molar-refractivity contribution in [2.75, 3.05) is 31.5 Å². The Morgan fingerprint density at radius 3 is 2.38 bits per heavy atom. The molecule has 4 nitrogen and oxygen atoms in total. The molecular weight excluding hydrogens is 298 g/mol. The van der Waals surface area contributed by atoms with Gasteiger partial charge in [0.15, 0.2) is 0 Å². The van der Waals surface area contributed by atoms with Gasteiger partial charge in [0.1, 0.15) is 0 Å². The highest BCUT2D eigenvalue weighted by atomic mass is 16.2. The van der Waals surface area contributed by atoms with Crippen molar-refractivity contribution in [2.45, 2.75) is 51.5 Å². The molecule has 1 aliphatic heterocycles. The summed E-state index contributed by atoms with van der Waals surface area (Å²) in [7, 11) is 0. The van der Waals surface area contributed by atoms with Crippen LogP contribution in [0.2, 0.25) is 0 Å². The second kappa shape index (κ2) is 8.13. The Morgan fingerprint density at radius 2 is 1.79 bits per heavy atom. The average molecular weight is 329 g/mol. The molecular formula is C20H31N3O. The van der Waals surface area contributed by atoms with Crippen LogP contribution in [-0.4, -0.2) is 43.0 Å². The fourth-order valence-corrected chi connectivity index (χ4v) is 3.31. The minimum absolute atomic E-state index is 0.0942. The second-order valence-corrected chi connectivity index (χ2v) is 7.73. The van der Waals surface area contributed by atoms with Crippen molar-refractivity contribution in [3.8, 4) is 0 Å². The number of carbonyl (C=O) groups excluding carboxylic acids is 1. The van der Waals surface area contributed by atoms with Gasteiger partial charge in [-0.05, 0) is 61.8 Å². The monoisotopic (exact) mass is 329 g/mol. The molecule has 0 aromatic heterocycles. The highest BCUT2D eigenvalue weighted by Crippen LogP contribution is 2.28. The number of hydrogen-bond donors (Lipinski definition) is 2. The van der Waals surface area contributed by atoms with Crippen LogP contribution in [0.15, 0.2) is 24.3 Å². The van der Waals surface area contributed by atoms with E-state index in [1.54, 1.807) is 0 Å². The van der Waals surface area contributed by atoms with Crippen LogP contribution in [-0.2, 0) is 4.79 Å². The van der Waals surface area contributed by atoms with Gasteiger partial charge in [-0.2, -0.15) is 0 Å². The fraction of sp³-hybridized carbons (Fsp3) is 0.650. The van der Waals surface area contributed by atoms with Crippen molar-refractivity contribution in [1.29, 1.82) is 0 Å². The molecule has 1 amide bonds. The zero-order chi connectivity index (χ0) is 16.9. The van der Waals surface area contributed by atoms with Gasteiger partial charge >= 0.3 is 0 Å². The van der Waals surface area contributed by atoms with E-state index in [2.05, 4.69) is 41.5 Å². The van der Waals surface area contributed by atoms with E-state index in [0.29, 0.717) is 18.5 Å². The molecule has 3 rings (SSSR count). The van der Waals surface area contributed by atoms with Crippen LogP contribution in [0.1, 0.15) is 51.0 Å². The van der Waals surface area contributed by atoms with Gasteiger partial charge in [-0.15, -0.1) is 0 Å². The lowest BCUT2D eigenvalue weighted by Crippen LogP contribution is -2.45. The third-order valence-corrected chi connectivity index (χ3v) is 5.21. The maximum atomic E-state index is 12.2. The molecule has 0 spiro atoms. The van der Waals surface area contributed by atoms with Gasteiger partial charge in [-0.3, -0.25) is 9.69 Å². The van der Waals surface area contributed by atoms with E-state index in [1.807, 2.05) is 12.1 Å². The summed E-state index contributed by atoms with van der Waals surface area (Å²) in [6, 6.07) is 8.84.